The van der Waals surface area contributed by atoms with E-state index < -0.39 is 11.9 Å². The molecule has 0 aliphatic heterocycles. The van der Waals surface area contributed by atoms with Crippen molar-refractivity contribution < 1.29 is 9.53 Å². The van der Waals surface area contributed by atoms with Gasteiger partial charge in [-0.25, -0.2) is 0 Å². The van der Waals surface area contributed by atoms with Gasteiger partial charge in [-0.1, -0.05) is 0 Å². The molecule has 1 atom stereocenters. The number of hydrogen-bond donors (Lipinski definition) is 1. The third kappa shape index (κ3) is 2.27. The average molecular weight is 140 g/mol. The van der Waals surface area contributed by atoms with Gasteiger partial charge in [-0.15, -0.1) is 0 Å². The van der Waals surface area contributed by atoms with Crippen LogP contribution in [0.1, 0.15) is 6.92 Å². The smallest absolute Gasteiger partial charge is 0.328 e. The van der Waals surface area contributed by atoms with E-state index in [2.05, 4.69) is 4.74 Å². The third-order valence-corrected chi connectivity index (χ3v) is 0.846. The van der Waals surface area contributed by atoms with Crippen molar-refractivity contribution in [1.29, 1.82) is 10.7 Å². The SMILES string of the molecule is CCOC(=O)[C@@H](C#N)C=N. The van der Waals surface area contributed by atoms with Gasteiger partial charge in [0.05, 0.1) is 12.7 Å². The summed E-state index contributed by atoms with van der Waals surface area (Å²) in [6.45, 7) is 1.89. The van der Waals surface area contributed by atoms with E-state index in [4.69, 9.17) is 10.7 Å². The highest BCUT2D eigenvalue weighted by molar-refractivity contribution is 5.91. The van der Waals surface area contributed by atoms with E-state index in [0.717, 1.165) is 6.21 Å². The number of nitriles is 1. The first-order valence-electron chi connectivity index (χ1n) is 2.83. The summed E-state index contributed by atoms with van der Waals surface area (Å²) in [5.74, 6) is -1.69. The summed E-state index contributed by atoms with van der Waals surface area (Å²) in [4.78, 5) is 10.6. The molecule has 0 bridgehead atoms. The molecule has 54 valence electrons. The molecule has 0 aromatic rings. The largest absolute Gasteiger partial charge is 0.465 e. The average Bonchev–Trinajstić information content (AvgIpc) is 1.91. The summed E-state index contributed by atoms with van der Waals surface area (Å²) >= 11 is 0. The maximum atomic E-state index is 10.6. The number of esters is 1. The molecule has 0 heterocycles. The number of ether oxygens (including phenoxy) is 1. The van der Waals surface area contributed by atoms with Gasteiger partial charge < -0.3 is 10.1 Å². The summed E-state index contributed by atoms with van der Waals surface area (Å²) in [6, 6.07) is 1.62. The van der Waals surface area contributed by atoms with Crippen LogP contribution in [0.3, 0.4) is 0 Å². The molecule has 0 amide bonds. The minimum Gasteiger partial charge on any atom is -0.465 e. The van der Waals surface area contributed by atoms with E-state index in [1.807, 2.05) is 0 Å². The van der Waals surface area contributed by atoms with E-state index >= 15 is 0 Å². The molecule has 0 saturated heterocycles. The van der Waals surface area contributed by atoms with Crippen LogP contribution in [0, 0.1) is 22.7 Å². The fourth-order valence-electron chi connectivity index (χ4n) is 0.390. The second-order valence-electron chi connectivity index (χ2n) is 1.53. The molecular formula is C6H8N2O2. The Morgan fingerprint density at radius 1 is 2.00 bits per heavy atom. The highest BCUT2D eigenvalue weighted by atomic mass is 16.5. The molecule has 4 nitrogen and oxygen atoms in total. The van der Waals surface area contributed by atoms with Crippen molar-refractivity contribution in [3.63, 3.8) is 0 Å². The zero-order chi connectivity index (χ0) is 7.98. The van der Waals surface area contributed by atoms with Crippen LogP contribution in [-0.2, 0) is 9.53 Å². The Hall–Kier alpha value is -1.37. The second kappa shape index (κ2) is 4.50. The van der Waals surface area contributed by atoms with Gasteiger partial charge in [0, 0.05) is 6.21 Å². The molecule has 0 aromatic carbocycles. The Morgan fingerprint density at radius 3 is 2.90 bits per heavy atom. The highest BCUT2D eigenvalue weighted by Crippen LogP contribution is 1.92. The van der Waals surface area contributed by atoms with Gasteiger partial charge in [-0.3, -0.25) is 4.79 Å². The lowest BCUT2D eigenvalue weighted by molar-refractivity contribution is -0.143. The van der Waals surface area contributed by atoms with Crippen LogP contribution in [0.4, 0.5) is 0 Å². The molecule has 0 spiro atoms. The predicted molar refractivity (Wildman–Crippen MR) is 34.5 cm³/mol. The molecule has 0 aliphatic rings. The number of nitrogens with zero attached hydrogens (tertiary/aromatic N) is 1. The van der Waals surface area contributed by atoms with Crippen molar-refractivity contribution in [3.8, 4) is 6.07 Å². The number of nitrogens with one attached hydrogen (secondary N) is 1. The van der Waals surface area contributed by atoms with Crippen LogP contribution >= 0.6 is 0 Å². The third-order valence-electron chi connectivity index (χ3n) is 0.846. The van der Waals surface area contributed by atoms with Crippen LogP contribution in [0.25, 0.3) is 0 Å². The van der Waals surface area contributed by atoms with Gasteiger partial charge >= 0.3 is 5.97 Å². The summed E-state index contributed by atoms with van der Waals surface area (Å²) in [5.41, 5.74) is 0. The minimum atomic E-state index is -1.04. The lowest BCUT2D eigenvalue weighted by Crippen LogP contribution is -2.16. The summed E-state index contributed by atoms with van der Waals surface area (Å²) in [6.07, 6.45) is 0.762. The van der Waals surface area contributed by atoms with E-state index in [9.17, 15) is 4.79 Å². The van der Waals surface area contributed by atoms with Gasteiger partial charge in [-0.2, -0.15) is 5.26 Å². The van der Waals surface area contributed by atoms with Crippen LogP contribution in [0.2, 0.25) is 0 Å². The van der Waals surface area contributed by atoms with Gasteiger partial charge in [0.2, 0.25) is 0 Å². The Kier molecular flexibility index (Phi) is 3.89. The monoisotopic (exact) mass is 140 g/mol. The topological polar surface area (TPSA) is 73.9 Å². The molecule has 0 radical (unpaired) electrons. The lowest BCUT2D eigenvalue weighted by atomic mass is 10.2. The zero-order valence-corrected chi connectivity index (χ0v) is 5.63. The van der Waals surface area contributed by atoms with Crippen LogP contribution in [-0.4, -0.2) is 18.8 Å². The maximum Gasteiger partial charge on any atom is 0.328 e. The van der Waals surface area contributed by atoms with E-state index in [1.165, 1.54) is 0 Å². The Labute approximate surface area is 58.9 Å². The molecule has 0 fully saturated rings. The molecule has 0 aromatic heterocycles. The summed E-state index contributed by atoms with van der Waals surface area (Å²) in [5, 5.41) is 14.8. The molecule has 0 aliphatic carbocycles. The molecule has 1 N–H and O–H groups in total. The van der Waals surface area contributed by atoms with Gasteiger partial charge in [-0.05, 0) is 6.92 Å². The van der Waals surface area contributed by atoms with Crippen LogP contribution in [0.15, 0.2) is 0 Å². The minimum absolute atomic E-state index is 0.241. The van der Waals surface area contributed by atoms with Crippen molar-refractivity contribution in [2.75, 3.05) is 6.61 Å². The van der Waals surface area contributed by atoms with E-state index in [1.54, 1.807) is 13.0 Å². The van der Waals surface area contributed by atoms with Crippen LogP contribution in [0.5, 0.6) is 0 Å². The van der Waals surface area contributed by atoms with Crippen molar-refractivity contribution in [2.24, 2.45) is 5.92 Å². The Balaban J connectivity index is 3.92. The maximum absolute atomic E-state index is 10.6. The number of carbonyl (C=O) groups is 1. The quantitative estimate of drug-likeness (QED) is 0.453. The second-order valence-corrected chi connectivity index (χ2v) is 1.53. The highest BCUT2D eigenvalue weighted by Gasteiger charge is 2.14. The molecule has 4 heteroatoms. The Bertz CT molecular complexity index is 171. The Morgan fingerprint density at radius 2 is 2.60 bits per heavy atom. The number of hydrogen-bond acceptors (Lipinski definition) is 4. The summed E-state index contributed by atoms with van der Waals surface area (Å²) in [7, 11) is 0. The van der Waals surface area contributed by atoms with Crippen molar-refractivity contribution in [3.05, 3.63) is 0 Å². The molecule has 0 unspecified atom stereocenters. The van der Waals surface area contributed by atoms with E-state index in [-0.39, 0.29) is 6.61 Å². The fourth-order valence-corrected chi connectivity index (χ4v) is 0.390. The lowest BCUT2D eigenvalue weighted by Gasteiger charge is -2.00. The summed E-state index contributed by atoms with van der Waals surface area (Å²) < 4.78 is 4.47. The van der Waals surface area contributed by atoms with Crippen molar-refractivity contribution >= 4 is 12.2 Å². The zero-order valence-electron chi connectivity index (χ0n) is 5.63. The van der Waals surface area contributed by atoms with Gasteiger partial charge in [0.25, 0.3) is 0 Å². The van der Waals surface area contributed by atoms with Crippen LogP contribution < -0.4 is 0 Å². The molecular weight excluding hydrogens is 132 g/mol. The number of carbonyl (C=O) groups excluding carboxylic acids is 1. The molecule has 0 saturated carbocycles. The first kappa shape index (κ1) is 8.63. The van der Waals surface area contributed by atoms with E-state index in [0.29, 0.717) is 0 Å². The standard InChI is InChI=1S/C6H8N2O2/c1-2-10-6(9)5(3-7)4-8/h3,5,7H,2H2,1H3/t5-/m1/s1. The fraction of sp³-hybridized carbons (Fsp3) is 0.500. The van der Waals surface area contributed by atoms with Crippen molar-refractivity contribution in [2.45, 2.75) is 6.92 Å². The molecule has 0 rings (SSSR count). The normalized spacial score (nSPS) is 11.2. The number of rotatable bonds is 3. The first-order valence-corrected chi connectivity index (χ1v) is 2.83. The predicted octanol–water partition coefficient (Wildman–Crippen LogP) is 0.339. The van der Waals surface area contributed by atoms with Gasteiger partial charge in [0.15, 0.2) is 5.92 Å². The van der Waals surface area contributed by atoms with Gasteiger partial charge in [0.1, 0.15) is 0 Å². The van der Waals surface area contributed by atoms with Crippen molar-refractivity contribution in [1.82, 2.24) is 0 Å². The first-order chi connectivity index (χ1) is 4.76. The molecule has 10 heavy (non-hydrogen) atoms.